The van der Waals surface area contributed by atoms with Gasteiger partial charge < -0.3 is 9.84 Å². The largest absolute Gasteiger partial charge is 0.390 e. The molecule has 1 aliphatic carbocycles. The van der Waals surface area contributed by atoms with Gasteiger partial charge in [0.1, 0.15) is 6.10 Å². The van der Waals surface area contributed by atoms with Crippen LogP contribution in [0.2, 0.25) is 0 Å². The molecule has 16 heavy (non-hydrogen) atoms. The van der Waals surface area contributed by atoms with Gasteiger partial charge in [0.25, 0.3) is 0 Å². The lowest BCUT2D eigenvalue weighted by Gasteiger charge is -2.21. The van der Waals surface area contributed by atoms with Gasteiger partial charge in [-0.15, -0.1) is 0 Å². The zero-order valence-electron chi connectivity index (χ0n) is 9.80. The highest BCUT2D eigenvalue weighted by Gasteiger charge is 2.25. The molecule has 0 heterocycles. The number of hydrogen-bond acceptors (Lipinski definition) is 2. The summed E-state index contributed by atoms with van der Waals surface area (Å²) in [6, 6.07) is 9.96. The molecule has 1 saturated carbocycles. The Kier molecular flexibility index (Phi) is 3.97. The summed E-state index contributed by atoms with van der Waals surface area (Å²) in [7, 11) is 1.66. The lowest BCUT2D eigenvalue weighted by molar-refractivity contribution is -0.0187. The Labute approximate surface area is 97.3 Å². The van der Waals surface area contributed by atoms with Crippen LogP contribution in [0.4, 0.5) is 0 Å². The molecule has 1 aromatic rings. The van der Waals surface area contributed by atoms with Crippen LogP contribution in [0.15, 0.2) is 30.3 Å². The first-order chi connectivity index (χ1) is 7.81. The molecule has 2 atom stereocenters. The second-order valence-electron chi connectivity index (χ2n) is 4.66. The molecule has 1 aromatic carbocycles. The molecule has 0 bridgehead atoms. The molecule has 0 aliphatic heterocycles. The average Bonchev–Trinajstić information content (AvgIpc) is 3.13. The van der Waals surface area contributed by atoms with Gasteiger partial charge in [-0.2, -0.15) is 0 Å². The fourth-order valence-electron chi connectivity index (χ4n) is 2.12. The Morgan fingerprint density at radius 3 is 2.56 bits per heavy atom. The summed E-state index contributed by atoms with van der Waals surface area (Å²) in [5.41, 5.74) is 1.06. The van der Waals surface area contributed by atoms with E-state index in [0.29, 0.717) is 0 Å². The van der Waals surface area contributed by atoms with Crippen molar-refractivity contribution in [2.45, 2.75) is 37.9 Å². The van der Waals surface area contributed by atoms with Crippen molar-refractivity contribution >= 4 is 0 Å². The smallest absolute Gasteiger partial charge is 0.108 e. The fraction of sp³-hybridized carbons (Fsp3) is 0.571. The highest BCUT2D eigenvalue weighted by molar-refractivity contribution is 5.18. The van der Waals surface area contributed by atoms with Gasteiger partial charge in [0.2, 0.25) is 0 Å². The summed E-state index contributed by atoms with van der Waals surface area (Å²) in [6.45, 7) is 0. The first-order valence-electron chi connectivity index (χ1n) is 6.07. The molecule has 2 heteroatoms. The molecule has 1 aliphatic rings. The van der Waals surface area contributed by atoms with E-state index in [4.69, 9.17) is 4.74 Å². The molecular formula is C14H20O2. The molecule has 0 aromatic heterocycles. The van der Waals surface area contributed by atoms with Gasteiger partial charge in [-0.05, 0) is 24.3 Å². The number of methoxy groups -OCH3 is 1. The van der Waals surface area contributed by atoms with Crippen LogP contribution >= 0.6 is 0 Å². The summed E-state index contributed by atoms with van der Waals surface area (Å²) in [5.74, 6) is 0.864. The molecule has 2 unspecified atom stereocenters. The van der Waals surface area contributed by atoms with E-state index in [9.17, 15) is 5.11 Å². The maximum Gasteiger partial charge on any atom is 0.108 e. The first kappa shape index (κ1) is 11.6. The number of ether oxygens (including phenoxy) is 1. The van der Waals surface area contributed by atoms with Crippen molar-refractivity contribution in [2.24, 2.45) is 5.92 Å². The molecule has 2 rings (SSSR count). The Morgan fingerprint density at radius 1 is 1.31 bits per heavy atom. The predicted molar refractivity (Wildman–Crippen MR) is 64.2 cm³/mol. The monoisotopic (exact) mass is 220 g/mol. The van der Waals surface area contributed by atoms with Gasteiger partial charge in [0.15, 0.2) is 0 Å². The highest BCUT2D eigenvalue weighted by atomic mass is 16.5. The SMILES string of the molecule is COC(c1ccccc1)C(O)CCC1CC1. The number of hydrogen-bond donors (Lipinski definition) is 1. The first-order valence-corrected chi connectivity index (χ1v) is 6.07. The van der Waals surface area contributed by atoms with Crippen molar-refractivity contribution in [3.05, 3.63) is 35.9 Å². The summed E-state index contributed by atoms with van der Waals surface area (Å²) in [6.07, 6.45) is 4.10. The number of rotatable bonds is 6. The van der Waals surface area contributed by atoms with Gasteiger partial charge >= 0.3 is 0 Å². The van der Waals surface area contributed by atoms with Crippen LogP contribution in [0.5, 0.6) is 0 Å². The van der Waals surface area contributed by atoms with Crippen molar-refractivity contribution < 1.29 is 9.84 Å². The fourth-order valence-corrected chi connectivity index (χ4v) is 2.12. The Hall–Kier alpha value is -0.860. The maximum atomic E-state index is 10.1. The van der Waals surface area contributed by atoms with E-state index < -0.39 is 0 Å². The van der Waals surface area contributed by atoms with E-state index in [1.807, 2.05) is 30.3 Å². The van der Waals surface area contributed by atoms with E-state index in [0.717, 1.165) is 24.3 Å². The van der Waals surface area contributed by atoms with Crippen LogP contribution in [0.1, 0.15) is 37.4 Å². The van der Waals surface area contributed by atoms with Gasteiger partial charge in [-0.1, -0.05) is 43.2 Å². The maximum absolute atomic E-state index is 10.1. The zero-order chi connectivity index (χ0) is 11.4. The van der Waals surface area contributed by atoms with E-state index in [1.165, 1.54) is 12.8 Å². The van der Waals surface area contributed by atoms with Crippen LogP contribution in [0.3, 0.4) is 0 Å². The molecule has 1 N–H and O–H groups in total. The predicted octanol–water partition coefficient (Wildman–Crippen LogP) is 2.93. The molecule has 88 valence electrons. The molecule has 0 amide bonds. The highest BCUT2D eigenvalue weighted by Crippen LogP contribution is 2.35. The van der Waals surface area contributed by atoms with Crippen molar-refractivity contribution in [3.63, 3.8) is 0 Å². The Balaban J connectivity index is 1.92. The van der Waals surface area contributed by atoms with Gasteiger partial charge in [-0.25, -0.2) is 0 Å². The minimum atomic E-state index is -0.381. The molecule has 0 saturated heterocycles. The summed E-state index contributed by atoms with van der Waals surface area (Å²) in [5, 5.41) is 10.1. The van der Waals surface area contributed by atoms with E-state index in [1.54, 1.807) is 7.11 Å². The average molecular weight is 220 g/mol. The molecular weight excluding hydrogens is 200 g/mol. The lowest BCUT2D eigenvalue weighted by atomic mass is 10.00. The van der Waals surface area contributed by atoms with Gasteiger partial charge in [0.05, 0.1) is 6.10 Å². The molecule has 2 nitrogen and oxygen atoms in total. The van der Waals surface area contributed by atoms with Crippen molar-refractivity contribution in [2.75, 3.05) is 7.11 Å². The number of aliphatic hydroxyl groups is 1. The lowest BCUT2D eigenvalue weighted by Crippen LogP contribution is -2.20. The Bertz CT molecular complexity index is 306. The summed E-state index contributed by atoms with van der Waals surface area (Å²) >= 11 is 0. The minimum absolute atomic E-state index is 0.181. The third-order valence-corrected chi connectivity index (χ3v) is 3.30. The van der Waals surface area contributed by atoms with Gasteiger partial charge in [0, 0.05) is 7.11 Å². The number of benzene rings is 1. The van der Waals surface area contributed by atoms with Crippen LogP contribution in [-0.2, 0) is 4.74 Å². The third kappa shape index (κ3) is 3.06. The second-order valence-corrected chi connectivity index (χ2v) is 4.66. The van der Waals surface area contributed by atoms with E-state index in [-0.39, 0.29) is 12.2 Å². The van der Waals surface area contributed by atoms with Crippen LogP contribution in [0.25, 0.3) is 0 Å². The topological polar surface area (TPSA) is 29.5 Å². The zero-order valence-corrected chi connectivity index (χ0v) is 9.80. The summed E-state index contributed by atoms with van der Waals surface area (Å²) in [4.78, 5) is 0. The second kappa shape index (κ2) is 5.46. The van der Waals surface area contributed by atoms with Crippen LogP contribution in [-0.4, -0.2) is 18.3 Å². The van der Waals surface area contributed by atoms with Crippen LogP contribution in [0, 0.1) is 5.92 Å². The summed E-state index contributed by atoms with van der Waals surface area (Å²) < 4.78 is 5.40. The van der Waals surface area contributed by atoms with Crippen molar-refractivity contribution in [1.29, 1.82) is 0 Å². The normalized spacial score (nSPS) is 19.4. The molecule has 0 spiro atoms. The van der Waals surface area contributed by atoms with Crippen molar-refractivity contribution in [3.8, 4) is 0 Å². The minimum Gasteiger partial charge on any atom is -0.390 e. The van der Waals surface area contributed by atoms with Gasteiger partial charge in [-0.3, -0.25) is 0 Å². The quantitative estimate of drug-likeness (QED) is 0.798. The van der Waals surface area contributed by atoms with Crippen molar-refractivity contribution in [1.82, 2.24) is 0 Å². The molecule has 0 radical (unpaired) electrons. The van der Waals surface area contributed by atoms with Crippen LogP contribution < -0.4 is 0 Å². The standard InChI is InChI=1S/C14H20O2/c1-16-14(12-5-3-2-4-6-12)13(15)10-9-11-7-8-11/h2-6,11,13-15H,7-10H2,1H3. The van der Waals surface area contributed by atoms with E-state index in [2.05, 4.69) is 0 Å². The number of aliphatic hydroxyl groups excluding tert-OH is 1. The Morgan fingerprint density at radius 2 is 2.00 bits per heavy atom. The third-order valence-electron chi connectivity index (χ3n) is 3.30. The molecule has 1 fully saturated rings. The van der Waals surface area contributed by atoms with E-state index >= 15 is 0 Å².